The van der Waals surface area contributed by atoms with Gasteiger partial charge in [0.2, 0.25) is 0 Å². The summed E-state index contributed by atoms with van der Waals surface area (Å²) in [4.78, 5) is 11.4. The molecule has 0 rings (SSSR count). The Morgan fingerprint density at radius 2 is 1.86 bits per heavy atom. The van der Waals surface area contributed by atoms with Gasteiger partial charge in [-0.1, -0.05) is 27.2 Å². The van der Waals surface area contributed by atoms with E-state index in [-0.39, 0.29) is 12.1 Å². The molecule has 0 aliphatic rings. The summed E-state index contributed by atoms with van der Waals surface area (Å²) in [7, 11) is 0. The first-order valence-electron chi connectivity index (χ1n) is 5.54. The highest BCUT2D eigenvalue weighted by Gasteiger charge is 2.17. The Labute approximate surface area is 86.8 Å². The minimum absolute atomic E-state index is 0.214. The number of carbonyl (C=O) groups excluding carboxylic acids is 1. The lowest BCUT2D eigenvalue weighted by Gasteiger charge is -2.14. The van der Waals surface area contributed by atoms with Gasteiger partial charge in [-0.2, -0.15) is 0 Å². The summed E-state index contributed by atoms with van der Waals surface area (Å²) in [5.41, 5.74) is 0. The Hall–Kier alpha value is -0.570. The van der Waals surface area contributed by atoms with Crippen molar-refractivity contribution in [1.82, 2.24) is 0 Å². The molecule has 84 valence electrons. The summed E-state index contributed by atoms with van der Waals surface area (Å²) in [6, 6.07) is 0. The Kier molecular flexibility index (Phi) is 8.64. The molecule has 0 amide bonds. The molecule has 3 nitrogen and oxygen atoms in total. The minimum atomic E-state index is -0.369. The number of esters is 1. The quantitative estimate of drug-likeness (QED) is 0.448. The molecule has 0 spiro atoms. The SMILES string of the molecule is CCCCOC(=O)C(CC)OCCC. The second-order valence-electron chi connectivity index (χ2n) is 3.29. The second kappa shape index (κ2) is 9.00. The van der Waals surface area contributed by atoms with E-state index < -0.39 is 0 Å². The lowest BCUT2D eigenvalue weighted by molar-refractivity contribution is -0.157. The van der Waals surface area contributed by atoms with E-state index in [1.807, 2.05) is 13.8 Å². The van der Waals surface area contributed by atoms with Gasteiger partial charge in [-0.15, -0.1) is 0 Å². The molecule has 0 bridgehead atoms. The van der Waals surface area contributed by atoms with E-state index in [1.54, 1.807) is 0 Å². The fourth-order valence-electron chi connectivity index (χ4n) is 1.02. The molecular formula is C11H22O3. The van der Waals surface area contributed by atoms with E-state index in [9.17, 15) is 4.79 Å². The van der Waals surface area contributed by atoms with Crippen molar-refractivity contribution in [2.45, 2.75) is 52.6 Å². The zero-order valence-corrected chi connectivity index (χ0v) is 9.54. The summed E-state index contributed by atoms with van der Waals surface area (Å²) in [6.07, 6.45) is 3.21. The average molecular weight is 202 g/mol. The predicted octanol–water partition coefficient (Wildman–Crippen LogP) is 2.53. The van der Waals surface area contributed by atoms with E-state index in [2.05, 4.69) is 6.92 Å². The van der Waals surface area contributed by atoms with Crippen LogP contribution in [0.2, 0.25) is 0 Å². The highest BCUT2D eigenvalue weighted by molar-refractivity contribution is 5.74. The maximum atomic E-state index is 11.4. The smallest absolute Gasteiger partial charge is 0.335 e. The first kappa shape index (κ1) is 13.4. The van der Waals surface area contributed by atoms with E-state index in [4.69, 9.17) is 9.47 Å². The van der Waals surface area contributed by atoms with Gasteiger partial charge in [0.05, 0.1) is 6.61 Å². The molecule has 0 saturated heterocycles. The molecule has 14 heavy (non-hydrogen) atoms. The molecule has 3 heteroatoms. The Morgan fingerprint density at radius 1 is 1.14 bits per heavy atom. The largest absolute Gasteiger partial charge is 0.464 e. The van der Waals surface area contributed by atoms with Crippen molar-refractivity contribution >= 4 is 5.97 Å². The van der Waals surface area contributed by atoms with Gasteiger partial charge in [0, 0.05) is 6.61 Å². The third kappa shape index (κ3) is 5.97. The molecule has 1 unspecified atom stereocenters. The van der Waals surface area contributed by atoms with Crippen molar-refractivity contribution in [3.63, 3.8) is 0 Å². The topological polar surface area (TPSA) is 35.5 Å². The average Bonchev–Trinajstić information content (AvgIpc) is 2.19. The fourth-order valence-corrected chi connectivity index (χ4v) is 1.02. The number of hydrogen-bond donors (Lipinski definition) is 0. The van der Waals surface area contributed by atoms with Crippen molar-refractivity contribution in [1.29, 1.82) is 0 Å². The number of carbonyl (C=O) groups is 1. The first-order valence-corrected chi connectivity index (χ1v) is 5.54. The van der Waals surface area contributed by atoms with Crippen molar-refractivity contribution in [2.24, 2.45) is 0 Å². The molecule has 0 aliphatic heterocycles. The van der Waals surface area contributed by atoms with Gasteiger partial charge in [-0.05, 0) is 19.3 Å². The van der Waals surface area contributed by atoms with Gasteiger partial charge >= 0.3 is 5.97 Å². The molecule has 0 saturated carbocycles. The predicted molar refractivity (Wildman–Crippen MR) is 56.2 cm³/mol. The minimum Gasteiger partial charge on any atom is -0.464 e. The second-order valence-corrected chi connectivity index (χ2v) is 3.29. The van der Waals surface area contributed by atoms with Crippen LogP contribution in [-0.2, 0) is 14.3 Å². The van der Waals surface area contributed by atoms with Gasteiger partial charge in [0.1, 0.15) is 0 Å². The van der Waals surface area contributed by atoms with E-state index in [0.29, 0.717) is 19.6 Å². The monoisotopic (exact) mass is 202 g/mol. The van der Waals surface area contributed by atoms with Crippen LogP contribution in [0.3, 0.4) is 0 Å². The maximum Gasteiger partial charge on any atom is 0.335 e. The van der Waals surface area contributed by atoms with Gasteiger partial charge < -0.3 is 9.47 Å². The summed E-state index contributed by atoms with van der Waals surface area (Å²) in [5.74, 6) is -0.214. The highest BCUT2D eigenvalue weighted by Crippen LogP contribution is 2.02. The third-order valence-corrected chi connectivity index (χ3v) is 1.90. The van der Waals surface area contributed by atoms with E-state index in [1.165, 1.54) is 0 Å². The van der Waals surface area contributed by atoms with Crippen molar-refractivity contribution < 1.29 is 14.3 Å². The Balaban J connectivity index is 3.67. The molecule has 0 aromatic rings. The number of ether oxygens (including phenoxy) is 2. The van der Waals surface area contributed by atoms with Crippen molar-refractivity contribution in [3.05, 3.63) is 0 Å². The first-order chi connectivity index (χ1) is 6.76. The zero-order chi connectivity index (χ0) is 10.8. The normalized spacial score (nSPS) is 12.5. The molecule has 0 aliphatic carbocycles. The Bertz CT molecular complexity index is 145. The number of unbranched alkanes of at least 4 members (excludes halogenated alkanes) is 1. The maximum absolute atomic E-state index is 11.4. The molecule has 1 atom stereocenters. The molecule has 0 N–H and O–H groups in total. The van der Waals surface area contributed by atoms with Gasteiger partial charge in [0.25, 0.3) is 0 Å². The van der Waals surface area contributed by atoms with E-state index in [0.717, 1.165) is 19.3 Å². The van der Waals surface area contributed by atoms with Crippen LogP contribution < -0.4 is 0 Å². The standard InChI is InChI=1S/C11H22O3/c1-4-7-9-14-11(12)10(6-3)13-8-5-2/h10H,4-9H2,1-3H3. The fraction of sp³-hybridized carbons (Fsp3) is 0.909. The van der Waals surface area contributed by atoms with Crippen LogP contribution >= 0.6 is 0 Å². The number of hydrogen-bond acceptors (Lipinski definition) is 3. The van der Waals surface area contributed by atoms with Crippen LogP contribution in [0, 0.1) is 0 Å². The molecule has 0 fully saturated rings. The molecule has 0 aromatic heterocycles. The molecule has 0 radical (unpaired) electrons. The van der Waals surface area contributed by atoms with Crippen LogP contribution in [0.1, 0.15) is 46.5 Å². The molecule has 0 aromatic carbocycles. The van der Waals surface area contributed by atoms with Crippen molar-refractivity contribution in [2.75, 3.05) is 13.2 Å². The highest BCUT2D eigenvalue weighted by atomic mass is 16.6. The summed E-state index contributed by atoms with van der Waals surface area (Å²) in [6.45, 7) is 7.16. The summed E-state index contributed by atoms with van der Waals surface area (Å²) >= 11 is 0. The molecular weight excluding hydrogens is 180 g/mol. The van der Waals surface area contributed by atoms with Gasteiger partial charge in [-0.25, -0.2) is 4.79 Å². The number of rotatable bonds is 8. The summed E-state index contributed by atoms with van der Waals surface area (Å²) < 4.78 is 10.4. The van der Waals surface area contributed by atoms with Crippen LogP contribution in [0.25, 0.3) is 0 Å². The van der Waals surface area contributed by atoms with Crippen LogP contribution in [-0.4, -0.2) is 25.3 Å². The Morgan fingerprint density at radius 3 is 2.36 bits per heavy atom. The van der Waals surface area contributed by atoms with Gasteiger partial charge in [-0.3, -0.25) is 0 Å². The van der Waals surface area contributed by atoms with Crippen LogP contribution in [0.15, 0.2) is 0 Å². The van der Waals surface area contributed by atoms with E-state index >= 15 is 0 Å². The molecule has 0 heterocycles. The zero-order valence-electron chi connectivity index (χ0n) is 9.54. The lowest BCUT2D eigenvalue weighted by atomic mass is 10.3. The summed E-state index contributed by atoms with van der Waals surface area (Å²) in [5, 5.41) is 0. The van der Waals surface area contributed by atoms with Crippen molar-refractivity contribution in [3.8, 4) is 0 Å². The van der Waals surface area contributed by atoms with Gasteiger partial charge in [0.15, 0.2) is 6.10 Å². The van der Waals surface area contributed by atoms with Crippen LogP contribution in [0.5, 0.6) is 0 Å². The third-order valence-electron chi connectivity index (χ3n) is 1.90. The lowest BCUT2D eigenvalue weighted by Crippen LogP contribution is -2.26. The van der Waals surface area contributed by atoms with Crippen LogP contribution in [0.4, 0.5) is 0 Å².